The summed E-state index contributed by atoms with van der Waals surface area (Å²) in [4.78, 5) is 0. The van der Waals surface area contributed by atoms with Crippen molar-refractivity contribution in [2.45, 2.75) is 77.6 Å². The number of benzene rings is 1. The van der Waals surface area contributed by atoms with Crippen LogP contribution in [0.25, 0.3) is 0 Å². The van der Waals surface area contributed by atoms with Crippen molar-refractivity contribution >= 4 is 0 Å². The van der Waals surface area contributed by atoms with Gasteiger partial charge in [-0.15, -0.1) is 0 Å². The Labute approximate surface area is 147 Å². The number of allylic oxidation sites excluding steroid dienone is 4. The highest BCUT2D eigenvalue weighted by molar-refractivity contribution is 5.37. The first-order chi connectivity index (χ1) is 11.7. The van der Waals surface area contributed by atoms with Gasteiger partial charge in [0.05, 0.1) is 0 Å². The lowest BCUT2D eigenvalue weighted by atomic mass is 10.1. The molecule has 0 heterocycles. The van der Waals surface area contributed by atoms with E-state index in [0.717, 1.165) is 12.0 Å². The molecule has 0 amide bonds. The fraction of sp³-hybridized carbons (Fsp3) is 0.545. The molecule has 0 aromatic heterocycles. The summed E-state index contributed by atoms with van der Waals surface area (Å²) in [6.07, 6.45) is 22.6. The van der Waals surface area contributed by atoms with E-state index in [1.165, 1.54) is 63.9 Å². The van der Waals surface area contributed by atoms with Gasteiger partial charge in [-0.2, -0.15) is 0 Å². The van der Waals surface area contributed by atoms with E-state index in [2.05, 4.69) is 19.1 Å². The zero-order valence-corrected chi connectivity index (χ0v) is 15.2. The lowest BCUT2D eigenvalue weighted by molar-refractivity contribution is 0.449. The largest absolute Gasteiger partial charge is 0.508 e. The third kappa shape index (κ3) is 10.9. The highest BCUT2D eigenvalue weighted by Gasteiger charge is 1.96. The Morgan fingerprint density at radius 2 is 1.25 bits per heavy atom. The molecule has 0 saturated carbocycles. The molecule has 0 unspecified atom stereocenters. The van der Waals surface area contributed by atoms with E-state index in [4.69, 9.17) is 0 Å². The predicted octanol–water partition coefficient (Wildman–Crippen LogP) is 6.67. The number of phenolic OH excluding ortho intramolecular Hbond substituents is 2. The molecule has 0 saturated heterocycles. The van der Waals surface area contributed by atoms with Gasteiger partial charge in [-0.25, -0.2) is 0 Å². The SMILES string of the molecule is CCCCCCCCCCCC=CC=CCc1cc(O)cc(O)c1. The summed E-state index contributed by atoms with van der Waals surface area (Å²) in [5.41, 5.74) is 0.913. The van der Waals surface area contributed by atoms with Gasteiger partial charge in [0.1, 0.15) is 11.5 Å². The van der Waals surface area contributed by atoms with Gasteiger partial charge in [0.2, 0.25) is 0 Å². The molecule has 2 heteroatoms. The molecule has 0 bridgehead atoms. The van der Waals surface area contributed by atoms with E-state index in [0.29, 0.717) is 6.42 Å². The maximum absolute atomic E-state index is 9.41. The van der Waals surface area contributed by atoms with Gasteiger partial charge in [0, 0.05) is 6.07 Å². The van der Waals surface area contributed by atoms with Crippen LogP contribution >= 0.6 is 0 Å². The third-order valence-electron chi connectivity index (χ3n) is 4.17. The van der Waals surface area contributed by atoms with Crippen molar-refractivity contribution in [3.8, 4) is 11.5 Å². The lowest BCUT2D eigenvalue weighted by Gasteiger charge is -2.00. The van der Waals surface area contributed by atoms with Crippen LogP contribution in [0.2, 0.25) is 0 Å². The molecule has 2 N–H and O–H groups in total. The molecule has 134 valence electrons. The molecule has 0 fully saturated rings. The molecule has 0 atom stereocenters. The Balaban J connectivity index is 1.99. The summed E-state index contributed by atoms with van der Waals surface area (Å²) in [5.74, 6) is 0.221. The van der Waals surface area contributed by atoms with Crippen molar-refractivity contribution < 1.29 is 10.2 Å². The minimum absolute atomic E-state index is 0.110. The fourth-order valence-corrected chi connectivity index (χ4v) is 2.80. The minimum atomic E-state index is 0.110. The molecule has 0 aliphatic rings. The molecule has 0 aliphatic heterocycles. The van der Waals surface area contributed by atoms with Gasteiger partial charge in [0.25, 0.3) is 0 Å². The molecule has 0 aliphatic carbocycles. The van der Waals surface area contributed by atoms with Crippen molar-refractivity contribution in [3.63, 3.8) is 0 Å². The van der Waals surface area contributed by atoms with Crippen molar-refractivity contribution in [1.29, 1.82) is 0 Å². The van der Waals surface area contributed by atoms with Crippen LogP contribution in [0.1, 0.15) is 76.7 Å². The average molecular weight is 331 g/mol. The summed E-state index contributed by atoms with van der Waals surface area (Å²) in [7, 11) is 0. The number of hydrogen-bond donors (Lipinski definition) is 2. The van der Waals surface area contributed by atoms with Gasteiger partial charge >= 0.3 is 0 Å². The number of hydrogen-bond acceptors (Lipinski definition) is 2. The standard InChI is InChI=1S/C22H34O2/c1-2-3-4-5-6-7-8-9-10-11-12-13-14-15-16-20-17-21(23)19-22(24)18-20/h12-15,17-19,23-24H,2-11,16H2,1H3. The van der Waals surface area contributed by atoms with E-state index in [1.54, 1.807) is 12.1 Å². The van der Waals surface area contributed by atoms with E-state index in [-0.39, 0.29) is 11.5 Å². The average Bonchev–Trinajstić information content (AvgIpc) is 2.54. The Morgan fingerprint density at radius 1 is 0.708 bits per heavy atom. The van der Waals surface area contributed by atoms with Crippen molar-refractivity contribution in [2.24, 2.45) is 0 Å². The first-order valence-corrected chi connectivity index (χ1v) is 9.56. The van der Waals surface area contributed by atoms with Gasteiger partial charge in [-0.3, -0.25) is 0 Å². The van der Waals surface area contributed by atoms with Gasteiger partial charge < -0.3 is 10.2 Å². The van der Waals surface area contributed by atoms with Crippen LogP contribution in [0, 0.1) is 0 Å². The van der Waals surface area contributed by atoms with E-state index >= 15 is 0 Å². The molecular weight excluding hydrogens is 296 g/mol. The number of aromatic hydroxyl groups is 2. The van der Waals surface area contributed by atoms with Crippen molar-refractivity contribution in [1.82, 2.24) is 0 Å². The summed E-state index contributed by atoms with van der Waals surface area (Å²) in [6.45, 7) is 2.26. The lowest BCUT2D eigenvalue weighted by Crippen LogP contribution is -1.81. The highest BCUT2D eigenvalue weighted by atomic mass is 16.3. The Hall–Kier alpha value is -1.70. The highest BCUT2D eigenvalue weighted by Crippen LogP contribution is 2.20. The molecule has 2 nitrogen and oxygen atoms in total. The first kappa shape index (κ1) is 20.3. The number of unbranched alkanes of at least 4 members (excludes halogenated alkanes) is 9. The Kier molecular flexibility index (Phi) is 11.6. The predicted molar refractivity (Wildman–Crippen MR) is 104 cm³/mol. The first-order valence-electron chi connectivity index (χ1n) is 9.56. The van der Waals surface area contributed by atoms with Gasteiger partial charge in [-0.05, 0) is 37.0 Å². The van der Waals surface area contributed by atoms with Crippen LogP contribution in [0.5, 0.6) is 11.5 Å². The normalized spacial score (nSPS) is 11.7. The zero-order chi connectivity index (χ0) is 17.5. The summed E-state index contributed by atoms with van der Waals surface area (Å²) in [6, 6.07) is 4.70. The number of phenols is 2. The minimum Gasteiger partial charge on any atom is -0.508 e. The molecule has 1 aromatic rings. The smallest absolute Gasteiger partial charge is 0.119 e. The monoisotopic (exact) mass is 330 g/mol. The molecule has 0 spiro atoms. The van der Waals surface area contributed by atoms with E-state index in [9.17, 15) is 10.2 Å². The van der Waals surface area contributed by atoms with Crippen molar-refractivity contribution in [3.05, 3.63) is 48.1 Å². The van der Waals surface area contributed by atoms with Gasteiger partial charge in [-0.1, -0.05) is 82.6 Å². The molecule has 1 aromatic carbocycles. The maximum Gasteiger partial charge on any atom is 0.119 e. The van der Waals surface area contributed by atoms with Crippen LogP contribution in [0.4, 0.5) is 0 Å². The second-order valence-electron chi connectivity index (χ2n) is 6.54. The van der Waals surface area contributed by atoms with Crippen LogP contribution in [0.15, 0.2) is 42.5 Å². The van der Waals surface area contributed by atoms with E-state index in [1.807, 2.05) is 12.2 Å². The number of rotatable bonds is 13. The molecular formula is C22H34O2. The van der Waals surface area contributed by atoms with Crippen LogP contribution in [-0.2, 0) is 6.42 Å². The fourth-order valence-electron chi connectivity index (χ4n) is 2.80. The zero-order valence-electron chi connectivity index (χ0n) is 15.2. The van der Waals surface area contributed by atoms with Crippen LogP contribution in [-0.4, -0.2) is 10.2 Å². The topological polar surface area (TPSA) is 40.5 Å². The third-order valence-corrected chi connectivity index (χ3v) is 4.17. The summed E-state index contributed by atoms with van der Waals surface area (Å²) in [5, 5.41) is 18.8. The van der Waals surface area contributed by atoms with Crippen LogP contribution in [0.3, 0.4) is 0 Å². The van der Waals surface area contributed by atoms with E-state index < -0.39 is 0 Å². The molecule has 24 heavy (non-hydrogen) atoms. The Morgan fingerprint density at radius 3 is 1.88 bits per heavy atom. The second kappa shape index (κ2) is 13.7. The summed E-state index contributed by atoms with van der Waals surface area (Å²) >= 11 is 0. The second-order valence-corrected chi connectivity index (χ2v) is 6.54. The quantitative estimate of drug-likeness (QED) is 0.313. The van der Waals surface area contributed by atoms with Crippen molar-refractivity contribution in [2.75, 3.05) is 0 Å². The molecule has 0 radical (unpaired) electrons. The van der Waals surface area contributed by atoms with Gasteiger partial charge in [0.15, 0.2) is 0 Å². The molecule has 1 rings (SSSR count). The van der Waals surface area contributed by atoms with Crippen LogP contribution < -0.4 is 0 Å². The summed E-state index contributed by atoms with van der Waals surface area (Å²) < 4.78 is 0. The maximum atomic E-state index is 9.41. The Bertz CT molecular complexity index is 468.